The molecule has 2 aromatic rings. The van der Waals surface area contributed by atoms with Crippen LogP contribution in [0.15, 0.2) is 72.1 Å². The van der Waals surface area contributed by atoms with Crippen LogP contribution in [0.5, 0.6) is 0 Å². The third kappa shape index (κ3) is 3.02. The van der Waals surface area contributed by atoms with Crippen molar-refractivity contribution < 1.29 is 19.2 Å². The summed E-state index contributed by atoms with van der Waals surface area (Å²) in [6.45, 7) is 5.11. The molecule has 0 aromatic heterocycles. The van der Waals surface area contributed by atoms with Crippen LogP contribution in [0, 0.1) is 0 Å². The molecule has 1 heterocycles. The van der Waals surface area contributed by atoms with Gasteiger partial charge in [0, 0.05) is 59.8 Å². The number of carbonyl (C=O) groups excluding carboxylic acids is 4. The molecule has 6 nitrogen and oxygen atoms in total. The number of benzene rings is 2. The Morgan fingerprint density at radius 2 is 0.875 bits per heavy atom. The lowest BCUT2D eigenvalue weighted by molar-refractivity contribution is 0.0920. The Morgan fingerprint density at radius 3 is 1.16 bits per heavy atom. The number of rotatable bonds is 2. The van der Waals surface area contributed by atoms with Gasteiger partial charge in [-0.3, -0.25) is 19.2 Å². The van der Waals surface area contributed by atoms with Crippen LogP contribution in [-0.2, 0) is 0 Å². The lowest BCUT2D eigenvalue weighted by Crippen LogP contribution is -2.52. The van der Waals surface area contributed by atoms with Crippen LogP contribution in [0.25, 0.3) is 0 Å². The van der Waals surface area contributed by atoms with Crippen LogP contribution < -0.4 is 0 Å². The highest BCUT2D eigenvalue weighted by Gasteiger charge is 2.37. The predicted molar refractivity (Wildman–Crippen MR) is 119 cm³/mol. The number of fused-ring (bicyclic) bond motifs is 2. The van der Waals surface area contributed by atoms with E-state index in [1.165, 1.54) is 0 Å². The van der Waals surface area contributed by atoms with E-state index >= 15 is 0 Å². The molecule has 0 N–H and O–H groups in total. The normalized spacial score (nSPS) is 22.4. The van der Waals surface area contributed by atoms with Gasteiger partial charge in [-0.25, -0.2) is 0 Å². The van der Waals surface area contributed by atoms with E-state index in [2.05, 4.69) is 0 Å². The minimum Gasteiger partial charge on any atom is -0.370 e. The maximum Gasteiger partial charge on any atom is 0.199 e. The number of hydrogen-bond donors (Lipinski definition) is 0. The second-order valence-corrected chi connectivity index (χ2v) is 8.58. The molecule has 160 valence electrons. The highest BCUT2D eigenvalue weighted by atomic mass is 16.2. The number of Topliss-reactive ketones (excluding diaryl/α,β-unsaturated/α-hetero) is 4. The number of hydrogen-bond acceptors (Lipinski definition) is 6. The molecule has 0 spiro atoms. The summed E-state index contributed by atoms with van der Waals surface area (Å²) >= 11 is 0. The first-order valence-electron chi connectivity index (χ1n) is 10.7. The van der Waals surface area contributed by atoms with Crippen LogP contribution in [0.1, 0.15) is 55.3 Å². The van der Waals surface area contributed by atoms with Gasteiger partial charge < -0.3 is 9.80 Å². The Hall–Kier alpha value is -3.80. The van der Waals surface area contributed by atoms with Gasteiger partial charge in [0.05, 0.1) is 11.1 Å². The molecule has 2 atom stereocenters. The zero-order chi connectivity index (χ0) is 22.6. The molecule has 0 bridgehead atoms. The van der Waals surface area contributed by atoms with Gasteiger partial charge >= 0.3 is 0 Å². The number of allylic oxidation sites excluding steroid dienone is 2. The minimum atomic E-state index is -0.241. The molecular weight excluding hydrogens is 404 g/mol. The van der Waals surface area contributed by atoms with Crippen molar-refractivity contribution in [2.45, 2.75) is 25.9 Å². The van der Waals surface area contributed by atoms with Crippen molar-refractivity contribution in [3.05, 3.63) is 94.3 Å². The van der Waals surface area contributed by atoms with Crippen molar-refractivity contribution in [3.63, 3.8) is 0 Å². The van der Waals surface area contributed by atoms with E-state index in [0.717, 1.165) is 0 Å². The summed E-state index contributed by atoms with van der Waals surface area (Å²) in [7, 11) is 0. The third-order valence-corrected chi connectivity index (χ3v) is 6.48. The molecular formula is C26H22N2O4. The Morgan fingerprint density at radius 1 is 0.594 bits per heavy atom. The Kier molecular flexibility index (Phi) is 4.66. The van der Waals surface area contributed by atoms with Crippen molar-refractivity contribution in [3.8, 4) is 0 Å². The Labute approximate surface area is 185 Å². The molecule has 1 saturated heterocycles. The SMILES string of the molecule is C[C@H]1CN(C=C2C(=O)c3ccccc3C2=O)[C@@H](C)CN1C=C1C(=O)c2ccccc2C1=O. The van der Waals surface area contributed by atoms with Gasteiger partial charge in [0.1, 0.15) is 0 Å². The molecule has 3 aliphatic rings. The molecule has 0 saturated carbocycles. The van der Waals surface area contributed by atoms with E-state index in [1.54, 1.807) is 60.9 Å². The maximum absolute atomic E-state index is 12.7. The quantitative estimate of drug-likeness (QED) is 0.542. The van der Waals surface area contributed by atoms with Gasteiger partial charge in [0.2, 0.25) is 0 Å². The van der Waals surface area contributed by atoms with Gasteiger partial charge in [0.25, 0.3) is 0 Å². The van der Waals surface area contributed by atoms with Crippen LogP contribution in [-0.4, -0.2) is 58.1 Å². The predicted octanol–water partition coefficient (Wildman–Crippen LogP) is 3.31. The first kappa shape index (κ1) is 20.1. The van der Waals surface area contributed by atoms with E-state index in [9.17, 15) is 19.2 Å². The zero-order valence-electron chi connectivity index (χ0n) is 17.9. The zero-order valence-corrected chi connectivity index (χ0v) is 17.9. The van der Waals surface area contributed by atoms with E-state index < -0.39 is 0 Å². The lowest BCUT2D eigenvalue weighted by Gasteiger charge is -2.43. The fraction of sp³-hybridized carbons (Fsp3) is 0.231. The summed E-state index contributed by atoms with van der Waals surface area (Å²) < 4.78 is 0. The van der Waals surface area contributed by atoms with Gasteiger partial charge in [-0.1, -0.05) is 48.5 Å². The van der Waals surface area contributed by atoms with Crippen molar-refractivity contribution >= 4 is 23.1 Å². The topological polar surface area (TPSA) is 74.8 Å². The maximum atomic E-state index is 12.7. The highest BCUT2D eigenvalue weighted by molar-refractivity contribution is 6.40. The van der Waals surface area contributed by atoms with Crippen molar-refractivity contribution in [1.29, 1.82) is 0 Å². The van der Waals surface area contributed by atoms with Gasteiger partial charge in [-0.15, -0.1) is 0 Å². The standard InChI is InChI=1S/C26H22N2O4/c1-15-11-28(14-22-25(31)19-9-5-6-10-20(19)26(22)32)16(2)12-27(15)13-21-23(29)17-7-3-4-8-18(17)24(21)30/h3-10,13-16H,11-12H2,1-2H3/t15-,16-/m0/s1. The number of piperazine rings is 1. The average molecular weight is 426 g/mol. The molecule has 0 radical (unpaired) electrons. The molecule has 0 unspecified atom stereocenters. The monoisotopic (exact) mass is 426 g/mol. The molecule has 5 rings (SSSR count). The number of ketones is 4. The van der Waals surface area contributed by atoms with Gasteiger partial charge in [0.15, 0.2) is 23.1 Å². The van der Waals surface area contributed by atoms with E-state index in [4.69, 9.17) is 0 Å². The summed E-state index contributed by atoms with van der Waals surface area (Å²) in [5.74, 6) is -0.963. The number of carbonyl (C=O) groups is 4. The molecule has 0 amide bonds. The van der Waals surface area contributed by atoms with Crippen molar-refractivity contribution in [2.24, 2.45) is 0 Å². The summed E-state index contributed by atoms with van der Waals surface area (Å²) in [5, 5.41) is 0. The van der Waals surface area contributed by atoms with Gasteiger partial charge in [-0.05, 0) is 13.8 Å². The first-order chi connectivity index (χ1) is 15.4. The summed E-state index contributed by atoms with van der Waals surface area (Å²) in [6, 6.07) is 13.7. The van der Waals surface area contributed by atoms with Crippen LogP contribution >= 0.6 is 0 Å². The molecule has 1 aliphatic heterocycles. The fourth-order valence-electron chi connectivity index (χ4n) is 4.65. The van der Waals surface area contributed by atoms with Crippen LogP contribution in [0.4, 0.5) is 0 Å². The highest BCUT2D eigenvalue weighted by Crippen LogP contribution is 2.30. The van der Waals surface area contributed by atoms with E-state index in [-0.39, 0.29) is 46.4 Å². The molecule has 1 fully saturated rings. The molecule has 2 aromatic carbocycles. The average Bonchev–Trinajstić information content (AvgIpc) is 3.18. The van der Waals surface area contributed by atoms with Crippen LogP contribution in [0.3, 0.4) is 0 Å². The third-order valence-electron chi connectivity index (χ3n) is 6.48. The smallest absolute Gasteiger partial charge is 0.199 e. The largest absolute Gasteiger partial charge is 0.370 e. The Bertz CT molecular complexity index is 1080. The van der Waals surface area contributed by atoms with Crippen molar-refractivity contribution in [1.82, 2.24) is 9.80 Å². The second-order valence-electron chi connectivity index (χ2n) is 8.58. The van der Waals surface area contributed by atoms with Gasteiger partial charge in [-0.2, -0.15) is 0 Å². The number of nitrogens with zero attached hydrogens (tertiary/aromatic N) is 2. The lowest BCUT2D eigenvalue weighted by atomic mass is 10.1. The fourth-order valence-corrected chi connectivity index (χ4v) is 4.65. The van der Waals surface area contributed by atoms with E-state index in [1.807, 2.05) is 23.6 Å². The molecule has 2 aliphatic carbocycles. The Balaban J connectivity index is 1.37. The molecule has 32 heavy (non-hydrogen) atoms. The summed E-state index contributed by atoms with van der Waals surface area (Å²) in [5.41, 5.74) is 2.18. The minimum absolute atomic E-state index is 0.0196. The summed E-state index contributed by atoms with van der Waals surface area (Å²) in [6.07, 6.45) is 3.36. The van der Waals surface area contributed by atoms with Crippen molar-refractivity contribution in [2.75, 3.05) is 13.1 Å². The van der Waals surface area contributed by atoms with Crippen LogP contribution in [0.2, 0.25) is 0 Å². The molecule has 6 heteroatoms. The second kappa shape index (κ2) is 7.41. The van der Waals surface area contributed by atoms with E-state index in [0.29, 0.717) is 35.3 Å². The first-order valence-corrected chi connectivity index (χ1v) is 10.7. The summed E-state index contributed by atoms with van der Waals surface area (Å²) in [4.78, 5) is 54.9.